The van der Waals surface area contributed by atoms with Crippen molar-refractivity contribution in [2.75, 3.05) is 13.2 Å². The summed E-state index contributed by atoms with van der Waals surface area (Å²) in [5.41, 5.74) is 2.93. The van der Waals surface area contributed by atoms with Crippen LogP contribution < -0.4 is 0 Å². The number of fused-ring (bicyclic) bond motifs is 1. The van der Waals surface area contributed by atoms with E-state index in [0.717, 1.165) is 32.5 Å². The molecule has 2 aliphatic rings. The van der Waals surface area contributed by atoms with Gasteiger partial charge in [-0.05, 0) is 42.9 Å². The predicted octanol–water partition coefficient (Wildman–Crippen LogP) is 2.92. The summed E-state index contributed by atoms with van der Waals surface area (Å²) in [7, 11) is 0. The molecule has 1 heterocycles. The van der Waals surface area contributed by atoms with E-state index in [-0.39, 0.29) is 5.41 Å². The van der Waals surface area contributed by atoms with Crippen LogP contribution >= 0.6 is 0 Å². The van der Waals surface area contributed by atoms with Gasteiger partial charge in [-0.25, -0.2) is 0 Å². The Kier molecular flexibility index (Phi) is 2.48. The maximum atomic E-state index is 9.31. The van der Waals surface area contributed by atoms with Crippen molar-refractivity contribution in [2.45, 2.75) is 19.3 Å². The highest BCUT2D eigenvalue weighted by atomic mass is 16.5. The number of ether oxygens (including phenoxy) is 1. The third-order valence-electron chi connectivity index (χ3n) is 4.20. The Bertz CT molecular complexity index is 435. The second-order valence-electron chi connectivity index (χ2n) is 5.55. The van der Waals surface area contributed by atoms with Crippen LogP contribution in [0.25, 0.3) is 0 Å². The number of aromatic hydroxyl groups is 1. The van der Waals surface area contributed by atoms with Crippen LogP contribution in [0.1, 0.15) is 18.4 Å². The number of hydrogen-bond acceptors (Lipinski definition) is 2. The first-order valence-electron chi connectivity index (χ1n) is 6.20. The molecule has 3 rings (SSSR count). The Morgan fingerprint density at radius 3 is 2.88 bits per heavy atom. The van der Waals surface area contributed by atoms with Crippen LogP contribution in [-0.4, -0.2) is 18.3 Å². The fraction of sp³-hybridized carbons (Fsp3) is 0.467. The van der Waals surface area contributed by atoms with Crippen LogP contribution in [0.3, 0.4) is 0 Å². The number of allylic oxidation sites excluding steroid dienone is 1. The number of phenols is 1. The van der Waals surface area contributed by atoms with Crippen molar-refractivity contribution < 1.29 is 9.84 Å². The summed E-state index contributed by atoms with van der Waals surface area (Å²) in [6.07, 6.45) is 3.26. The van der Waals surface area contributed by atoms with E-state index in [1.165, 1.54) is 11.1 Å². The summed E-state index contributed by atoms with van der Waals surface area (Å²) >= 11 is 0. The van der Waals surface area contributed by atoms with Crippen LogP contribution in [0.15, 0.2) is 36.4 Å². The average molecular weight is 230 g/mol. The van der Waals surface area contributed by atoms with E-state index in [2.05, 4.69) is 6.58 Å². The van der Waals surface area contributed by atoms with Gasteiger partial charge in [0.15, 0.2) is 0 Å². The van der Waals surface area contributed by atoms with E-state index < -0.39 is 0 Å². The molecule has 1 aliphatic heterocycles. The zero-order valence-electron chi connectivity index (χ0n) is 9.98. The summed E-state index contributed by atoms with van der Waals surface area (Å²) in [6.45, 7) is 5.89. The van der Waals surface area contributed by atoms with Gasteiger partial charge in [-0.15, -0.1) is 0 Å². The maximum Gasteiger partial charge on any atom is 0.115 e. The third kappa shape index (κ3) is 1.87. The SMILES string of the molecule is C=C1C[C@@H]2COC[C@]2(Cc2ccc(O)cc2)C1. The Labute approximate surface area is 102 Å². The molecule has 0 spiro atoms. The van der Waals surface area contributed by atoms with E-state index in [0.29, 0.717) is 11.7 Å². The minimum Gasteiger partial charge on any atom is -0.508 e. The van der Waals surface area contributed by atoms with E-state index in [1.54, 1.807) is 12.1 Å². The van der Waals surface area contributed by atoms with Crippen LogP contribution in [0.5, 0.6) is 5.75 Å². The number of hydrogen-bond donors (Lipinski definition) is 1. The lowest BCUT2D eigenvalue weighted by Gasteiger charge is -2.27. The second kappa shape index (κ2) is 3.88. The summed E-state index contributed by atoms with van der Waals surface area (Å²) in [6, 6.07) is 7.56. The third-order valence-corrected chi connectivity index (χ3v) is 4.20. The van der Waals surface area contributed by atoms with Crippen LogP contribution in [0, 0.1) is 11.3 Å². The molecule has 1 aliphatic carbocycles. The molecular formula is C15H18O2. The quantitative estimate of drug-likeness (QED) is 0.792. The summed E-state index contributed by atoms with van der Waals surface area (Å²) < 4.78 is 5.67. The van der Waals surface area contributed by atoms with Gasteiger partial charge in [0.2, 0.25) is 0 Å². The van der Waals surface area contributed by atoms with E-state index in [4.69, 9.17) is 4.74 Å². The molecular weight excluding hydrogens is 212 g/mol. The number of benzene rings is 1. The molecule has 2 heteroatoms. The molecule has 1 aromatic carbocycles. The lowest BCUT2D eigenvalue weighted by molar-refractivity contribution is 0.152. The molecule has 0 aromatic heterocycles. The molecule has 2 fully saturated rings. The van der Waals surface area contributed by atoms with Crippen molar-refractivity contribution in [3.05, 3.63) is 42.0 Å². The van der Waals surface area contributed by atoms with Gasteiger partial charge >= 0.3 is 0 Å². The van der Waals surface area contributed by atoms with Gasteiger partial charge in [0.1, 0.15) is 5.75 Å². The monoisotopic (exact) mass is 230 g/mol. The van der Waals surface area contributed by atoms with Crippen molar-refractivity contribution in [3.63, 3.8) is 0 Å². The lowest BCUT2D eigenvalue weighted by Crippen LogP contribution is -2.27. The van der Waals surface area contributed by atoms with Crippen molar-refractivity contribution in [1.82, 2.24) is 0 Å². The van der Waals surface area contributed by atoms with Crippen molar-refractivity contribution in [2.24, 2.45) is 11.3 Å². The molecule has 2 atom stereocenters. The Morgan fingerprint density at radius 1 is 1.35 bits per heavy atom. The molecule has 17 heavy (non-hydrogen) atoms. The Hall–Kier alpha value is -1.28. The van der Waals surface area contributed by atoms with E-state index >= 15 is 0 Å². The predicted molar refractivity (Wildman–Crippen MR) is 66.9 cm³/mol. The van der Waals surface area contributed by atoms with Gasteiger partial charge in [-0.1, -0.05) is 24.3 Å². The first-order valence-corrected chi connectivity index (χ1v) is 6.20. The molecule has 1 saturated heterocycles. The summed E-state index contributed by atoms with van der Waals surface area (Å²) in [4.78, 5) is 0. The largest absolute Gasteiger partial charge is 0.508 e. The number of phenolic OH excluding ortho intramolecular Hbond substituents is 1. The van der Waals surface area contributed by atoms with Gasteiger partial charge < -0.3 is 9.84 Å². The zero-order valence-corrected chi connectivity index (χ0v) is 9.98. The molecule has 1 N–H and O–H groups in total. The highest BCUT2D eigenvalue weighted by Crippen LogP contribution is 2.51. The van der Waals surface area contributed by atoms with Crippen molar-refractivity contribution in [1.29, 1.82) is 0 Å². The first-order chi connectivity index (χ1) is 8.18. The highest BCUT2D eigenvalue weighted by molar-refractivity contribution is 5.28. The molecule has 2 nitrogen and oxygen atoms in total. The minimum absolute atomic E-state index is 0.272. The van der Waals surface area contributed by atoms with E-state index in [9.17, 15) is 5.11 Å². The topological polar surface area (TPSA) is 29.5 Å². The smallest absolute Gasteiger partial charge is 0.115 e. The Balaban J connectivity index is 1.83. The summed E-state index contributed by atoms with van der Waals surface area (Å²) in [5.74, 6) is 0.977. The molecule has 0 radical (unpaired) electrons. The van der Waals surface area contributed by atoms with Gasteiger partial charge in [0, 0.05) is 5.41 Å². The first kappa shape index (κ1) is 10.8. The fourth-order valence-electron chi connectivity index (χ4n) is 3.37. The summed E-state index contributed by atoms with van der Waals surface area (Å²) in [5, 5.41) is 9.31. The fourth-order valence-corrected chi connectivity index (χ4v) is 3.37. The standard InChI is InChI=1S/C15H18O2/c1-11-6-13-9-17-10-15(13,7-11)8-12-2-4-14(16)5-3-12/h2-5,13,16H,1,6-10H2/t13-,15-/m1/s1. The van der Waals surface area contributed by atoms with Gasteiger partial charge in [0.25, 0.3) is 0 Å². The van der Waals surface area contributed by atoms with Gasteiger partial charge in [-0.3, -0.25) is 0 Å². The van der Waals surface area contributed by atoms with Crippen molar-refractivity contribution >= 4 is 0 Å². The van der Waals surface area contributed by atoms with Crippen molar-refractivity contribution in [3.8, 4) is 5.75 Å². The second-order valence-corrected chi connectivity index (χ2v) is 5.55. The highest BCUT2D eigenvalue weighted by Gasteiger charge is 2.48. The van der Waals surface area contributed by atoms with Crippen LogP contribution in [-0.2, 0) is 11.2 Å². The maximum absolute atomic E-state index is 9.31. The Morgan fingerprint density at radius 2 is 2.12 bits per heavy atom. The molecule has 1 aromatic rings. The normalized spacial score (nSPS) is 31.8. The molecule has 90 valence electrons. The number of rotatable bonds is 2. The molecule has 0 unspecified atom stereocenters. The average Bonchev–Trinajstić information content (AvgIpc) is 2.77. The van der Waals surface area contributed by atoms with Gasteiger partial charge in [-0.2, -0.15) is 0 Å². The van der Waals surface area contributed by atoms with Crippen LogP contribution in [0.2, 0.25) is 0 Å². The molecule has 1 saturated carbocycles. The van der Waals surface area contributed by atoms with Crippen LogP contribution in [0.4, 0.5) is 0 Å². The molecule has 0 amide bonds. The molecule has 0 bridgehead atoms. The zero-order chi connectivity index (χ0) is 11.9. The van der Waals surface area contributed by atoms with E-state index in [1.807, 2.05) is 12.1 Å². The lowest BCUT2D eigenvalue weighted by atomic mass is 9.76. The minimum atomic E-state index is 0.272. The van der Waals surface area contributed by atoms with Gasteiger partial charge in [0.05, 0.1) is 13.2 Å².